The first-order chi connectivity index (χ1) is 17.8. The van der Waals surface area contributed by atoms with Gasteiger partial charge in [0.15, 0.2) is 16.7 Å². The number of halogens is 8. The molecule has 0 unspecified atom stereocenters. The number of alkyl halides is 6. The van der Waals surface area contributed by atoms with Crippen LogP contribution in [0.5, 0.6) is 0 Å². The number of rotatable bonds is 6. The number of carbonyl (C=O) groups excluding carboxylic acids is 1. The molecule has 4 aromatic rings. The van der Waals surface area contributed by atoms with Gasteiger partial charge in [0.2, 0.25) is 5.76 Å². The maximum Gasteiger partial charge on any atom is 0.416 e. The summed E-state index contributed by atoms with van der Waals surface area (Å²) in [6.07, 6.45) is -8.40. The smallest absolute Gasteiger partial charge is 0.416 e. The van der Waals surface area contributed by atoms with Crippen molar-refractivity contribution in [3.8, 4) is 11.3 Å². The van der Waals surface area contributed by atoms with Gasteiger partial charge in [0.25, 0.3) is 5.78 Å². The molecule has 6 nitrogen and oxygen atoms in total. The topological polar surface area (TPSA) is 73.8 Å². The van der Waals surface area contributed by atoms with E-state index in [1.165, 1.54) is 0 Å². The summed E-state index contributed by atoms with van der Waals surface area (Å²) in [4.78, 5) is 17.8. The highest BCUT2D eigenvalue weighted by atomic mass is 35.5. The van der Waals surface area contributed by atoms with Crippen LogP contribution < -0.4 is 0 Å². The Morgan fingerprint density at radius 1 is 1.00 bits per heavy atom. The molecule has 1 fully saturated rings. The molecule has 0 radical (unpaired) electrons. The fraction of sp³-hybridized carbons (Fsp3) is 0.250. The predicted molar refractivity (Wildman–Crippen MR) is 123 cm³/mol. The number of hydrogen-bond acceptors (Lipinski definition) is 5. The van der Waals surface area contributed by atoms with Crippen LogP contribution >= 0.6 is 23.2 Å². The van der Waals surface area contributed by atoms with Crippen molar-refractivity contribution in [1.82, 2.24) is 20.0 Å². The molecule has 14 heteroatoms. The van der Waals surface area contributed by atoms with E-state index in [0.717, 1.165) is 17.5 Å². The van der Waals surface area contributed by atoms with E-state index in [9.17, 15) is 31.1 Å². The number of oxazole rings is 1. The molecule has 198 valence electrons. The van der Waals surface area contributed by atoms with Crippen molar-refractivity contribution in [1.29, 1.82) is 0 Å². The molecule has 0 bridgehead atoms. The van der Waals surface area contributed by atoms with E-state index in [1.807, 2.05) is 0 Å². The number of ketones is 1. The number of nitrogens with zero attached hydrogens (tertiary/aromatic N) is 4. The highest BCUT2D eigenvalue weighted by Gasteiger charge is 2.38. The Kier molecular flexibility index (Phi) is 6.50. The maximum absolute atomic E-state index is 13.4. The van der Waals surface area contributed by atoms with Crippen LogP contribution in [0.15, 0.2) is 46.9 Å². The van der Waals surface area contributed by atoms with Crippen molar-refractivity contribution in [2.75, 3.05) is 0 Å². The molecule has 0 aliphatic heterocycles. The van der Waals surface area contributed by atoms with Crippen molar-refractivity contribution in [2.24, 2.45) is 0 Å². The summed E-state index contributed by atoms with van der Waals surface area (Å²) in [7, 11) is 0. The van der Waals surface area contributed by atoms with Crippen molar-refractivity contribution in [3.63, 3.8) is 0 Å². The lowest BCUT2D eigenvalue weighted by molar-refractivity contribution is -0.143. The minimum absolute atomic E-state index is 0.0129. The minimum Gasteiger partial charge on any atom is -0.436 e. The van der Waals surface area contributed by atoms with Gasteiger partial charge in [0.05, 0.1) is 22.7 Å². The Labute approximate surface area is 220 Å². The molecule has 5 rings (SSSR count). The van der Waals surface area contributed by atoms with Crippen LogP contribution in [0.2, 0.25) is 10.2 Å². The number of hydrogen-bond donors (Lipinski definition) is 0. The Balaban J connectivity index is 1.51. The number of aromatic nitrogens is 4. The van der Waals surface area contributed by atoms with Gasteiger partial charge in [-0.3, -0.25) is 4.79 Å². The first-order valence-electron chi connectivity index (χ1n) is 11.0. The zero-order valence-electron chi connectivity index (χ0n) is 18.9. The van der Waals surface area contributed by atoms with Crippen LogP contribution in [-0.4, -0.2) is 25.8 Å². The van der Waals surface area contributed by atoms with Crippen molar-refractivity contribution < 1.29 is 35.6 Å². The Bertz CT molecular complexity index is 1510. The van der Waals surface area contributed by atoms with Crippen LogP contribution in [0.25, 0.3) is 11.3 Å². The lowest BCUT2D eigenvalue weighted by Gasteiger charge is -2.14. The average Bonchev–Trinajstić information content (AvgIpc) is 3.50. The van der Waals surface area contributed by atoms with Gasteiger partial charge in [-0.1, -0.05) is 46.6 Å². The van der Waals surface area contributed by atoms with Crippen LogP contribution in [0.4, 0.5) is 26.3 Å². The van der Waals surface area contributed by atoms with E-state index in [0.29, 0.717) is 28.6 Å². The highest BCUT2D eigenvalue weighted by Crippen LogP contribution is 2.43. The summed E-state index contributed by atoms with van der Waals surface area (Å²) in [6, 6.07) is 7.72. The molecule has 0 spiro atoms. The van der Waals surface area contributed by atoms with Crippen LogP contribution in [0, 0.1) is 0 Å². The lowest BCUT2D eigenvalue weighted by atomic mass is 10.0. The third kappa shape index (κ3) is 5.14. The Morgan fingerprint density at radius 3 is 2.21 bits per heavy atom. The van der Waals surface area contributed by atoms with E-state index in [1.54, 1.807) is 24.3 Å². The van der Waals surface area contributed by atoms with Gasteiger partial charge >= 0.3 is 12.4 Å². The SMILES string of the molecule is O=C(c1nnn(Cc2cc(C(F)(F)F)cc(C(F)(F)F)c2)c1Cl)c1oc(C2CC2)nc1-c1ccccc1Cl. The Morgan fingerprint density at radius 2 is 1.63 bits per heavy atom. The normalized spacial score (nSPS) is 14.2. The summed E-state index contributed by atoms with van der Waals surface area (Å²) in [5.74, 6) is -0.675. The molecule has 0 saturated heterocycles. The van der Waals surface area contributed by atoms with Crippen LogP contribution in [0.3, 0.4) is 0 Å². The maximum atomic E-state index is 13.4. The van der Waals surface area contributed by atoms with Gasteiger partial charge in [0.1, 0.15) is 5.69 Å². The second kappa shape index (κ2) is 9.42. The Hall–Kier alpha value is -3.38. The van der Waals surface area contributed by atoms with Gasteiger partial charge in [-0.05, 0) is 42.7 Å². The second-order valence-electron chi connectivity index (χ2n) is 8.61. The van der Waals surface area contributed by atoms with Crippen molar-refractivity contribution in [3.05, 3.63) is 86.7 Å². The van der Waals surface area contributed by atoms with Gasteiger partial charge in [0, 0.05) is 11.5 Å². The van der Waals surface area contributed by atoms with Gasteiger partial charge < -0.3 is 4.42 Å². The minimum atomic E-state index is -5.02. The molecule has 1 saturated carbocycles. The first kappa shape index (κ1) is 26.2. The van der Waals surface area contributed by atoms with E-state index < -0.39 is 52.2 Å². The quantitative estimate of drug-likeness (QED) is 0.177. The van der Waals surface area contributed by atoms with E-state index >= 15 is 0 Å². The zero-order valence-corrected chi connectivity index (χ0v) is 20.4. The summed E-state index contributed by atoms with van der Waals surface area (Å²) >= 11 is 12.6. The summed E-state index contributed by atoms with van der Waals surface area (Å²) < 4.78 is 85.9. The van der Waals surface area contributed by atoms with Crippen LogP contribution in [-0.2, 0) is 18.9 Å². The molecule has 1 aliphatic carbocycles. The second-order valence-corrected chi connectivity index (χ2v) is 9.38. The fourth-order valence-corrected chi connectivity index (χ4v) is 4.21. The third-order valence-electron chi connectivity index (χ3n) is 5.78. The molecule has 2 aromatic carbocycles. The molecule has 0 atom stereocenters. The molecular weight excluding hydrogens is 561 g/mol. The van der Waals surface area contributed by atoms with Gasteiger partial charge in [-0.2, -0.15) is 26.3 Å². The monoisotopic (exact) mass is 574 g/mol. The lowest BCUT2D eigenvalue weighted by Crippen LogP contribution is -2.13. The van der Waals surface area contributed by atoms with Crippen LogP contribution in [0.1, 0.15) is 57.6 Å². The summed E-state index contributed by atoms with van der Waals surface area (Å²) in [6.45, 7) is -0.618. The van der Waals surface area contributed by atoms with Gasteiger partial charge in [-0.25, -0.2) is 9.67 Å². The number of carbonyl (C=O) groups is 1. The highest BCUT2D eigenvalue weighted by molar-refractivity contribution is 6.34. The molecular formula is C24H14Cl2F6N4O2. The zero-order chi connectivity index (χ0) is 27.4. The fourth-order valence-electron chi connectivity index (χ4n) is 3.76. The molecule has 38 heavy (non-hydrogen) atoms. The molecule has 2 aromatic heterocycles. The molecule has 2 heterocycles. The van der Waals surface area contributed by atoms with E-state index in [2.05, 4.69) is 15.3 Å². The number of benzene rings is 2. The van der Waals surface area contributed by atoms with E-state index in [-0.39, 0.29) is 23.4 Å². The van der Waals surface area contributed by atoms with E-state index in [4.69, 9.17) is 27.6 Å². The third-order valence-corrected chi connectivity index (χ3v) is 6.48. The largest absolute Gasteiger partial charge is 0.436 e. The molecule has 0 amide bonds. The van der Waals surface area contributed by atoms with Crippen molar-refractivity contribution >= 4 is 29.0 Å². The molecule has 1 aliphatic rings. The summed E-state index contributed by atoms with van der Waals surface area (Å²) in [5.41, 5.74) is -3.23. The summed E-state index contributed by atoms with van der Waals surface area (Å²) in [5, 5.41) is 7.30. The average molecular weight is 575 g/mol. The first-order valence-corrected chi connectivity index (χ1v) is 11.8. The van der Waals surface area contributed by atoms with Gasteiger partial charge in [-0.15, -0.1) is 5.10 Å². The predicted octanol–water partition coefficient (Wildman–Crippen LogP) is 7.43. The molecule has 0 N–H and O–H groups in total. The standard InChI is InChI=1S/C24H14Cl2F6N4O2/c25-16-4-2-1-3-15(16)17-20(38-22(33-17)12-5-6-12)19(37)18-21(26)36(35-34-18)10-11-7-13(23(27,28)29)9-14(8-11)24(30,31)32/h1-4,7-9,12H,5-6,10H2. The van der Waals surface area contributed by atoms with Crippen molar-refractivity contribution in [2.45, 2.75) is 37.7 Å².